The Hall–Kier alpha value is -1.98. The summed E-state index contributed by atoms with van der Waals surface area (Å²) < 4.78 is 0. The Balaban J connectivity index is 1.84. The molecular formula is C22H25ClN2O2S. The van der Waals surface area contributed by atoms with Crippen molar-refractivity contribution in [2.24, 2.45) is 5.92 Å². The van der Waals surface area contributed by atoms with E-state index < -0.39 is 6.04 Å². The highest BCUT2D eigenvalue weighted by molar-refractivity contribution is 7.99. The number of carbonyl (C=O) groups is 2. The molecule has 1 saturated heterocycles. The summed E-state index contributed by atoms with van der Waals surface area (Å²) in [5, 5.41) is 3.42. The van der Waals surface area contributed by atoms with E-state index in [1.54, 1.807) is 16.7 Å². The van der Waals surface area contributed by atoms with Crippen molar-refractivity contribution in [3.63, 3.8) is 0 Å². The van der Waals surface area contributed by atoms with E-state index in [1.165, 1.54) is 0 Å². The third-order valence-corrected chi connectivity index (χ3v) is 6.53. The number of hydrogen-bond donors (Lipinski definition) is 1. The van der Waals surface area contributed by atoms with Crippen LogP contribution < -0.4 is 5.32 Å². The van der Waals surface area contributed by atoms with Crippen LogP contribution in [0.4, 0.5) is 0 Å². The maximum absolute atomic E-state index is 13.1. The molecule has 0 radical (unpaired) electrons. The van der Waals surface area contributed by atoms with E-state index in [1.807, 2.05) is 75.4 Å². The topological polar surface area (TPSA) is 49.4 Å². The molecule has 2 aromatic rings. The first-order valence-electron chi connectivity index (χ1n) is 9.43. The molecule has 4 nitrogen and oxygen atoms in total. The molecule has 0 unspecified atom stereocenters. The average molecular weight is 417 g/mol. The predicted octanol–water partition coefficient (Wildman–Crippen LogP) is 4.82. The lowest BCUT2D eigenvalue weighted by atomic mass is 10.1. The van der Waals surface area contributed by atoms with Crippen molar-refractivity contribution in [2.75, 3.05) is 5.75 Å². The maximum atomic E-state index is 13.1. The van der Waals surface area contributed by atoms with Crippen LogP contribution in [0.15, 0.2) is 54.6 Å². The molecule has 0 aromatic heterocycles. The Morgan fingerprint density at radius 2 is 1.71 bits per heavy atom. The van der Waals surface area contributed by atoms with E-state index in [0.29, 0.717) is 10.8 Å². The molecule has 1 fully saturated rings. The molecule has 3 atom stereocenters. The van der Waals surface area contributed by atoms with Gasteiger partial charge in [0.15, 0.2) is 0 Å². The molecule has 0 bridgehead atoms. The van der Waals surface area contributed by atoms with Crippen LogP contribution in [0.1, 0.15) is 43.3 Å². The monoisotopic (exact) mass is 416 g/mol. The minimum Gasteiger partial charge on any atom is -0.348 e. The molecular weight excluding hydrogens is 392 g/mol. The van der Waals surface area contributed by atoms with Gasteiger partial charge >= 0.3 is 0 Å². The summed E-state index contributed by atoms with van der Waals surface area (Å²) in [7, 11) is 0. The second-order valence-electron chi connectivity index (χ2n) is 7.26. The van der Waals surface area contributed by atoms with Crippen LogP contribution in [0.2, 0.25) is 5.02 Å². The molecule has 0 aliphatic carbocycles. The number of benzene rings is 2. The first kappa shape index (κ1) is 20.7. The predicted molar refractivity (Wildman–Crippen MR) is 115 cm³/mol. The number of hydrogen-bond acceptors (Lipinski definition) is 3. The fourth-order valence-corrected chi connectivity index (χ4v) is 5.10. The van der Waals surface area contributed by atoms with Gasteiger partial charge in [-0.2, -0.15) is 0 Å². The third-order valence-electron chi connectivity index (χ3n) is 4.88. The molecule has 2 aromatic carbocycles. The van der Waals surface area contributed by atoms with Crippen LogP contribution >= 0.6 is 23.4 Å². The van der Waals surface area contributed by atoms with Crippen molar-refractivity contribution >= 4 is 35.2 Å². The summed E-state index contributed by atoms with van der Waals surface area (Å²) >= 11 is 7.98. The van der Waals surface area contributed by atoms with Crippen LogP contribution in [0, 0.1) is 5.92 Å². The van der Waals surface area contributed by atoms with Gasteiger partial charge in [-0.05, 0) is 18.6 Å². The van der Waals surface area contributed by atoms with Crippen molar-refractivity contribution < 1.29 is 9.59 Å². The van der Waals surface area contributed by atoms with E-state index in [0.717, 1.165) is 11.1 Å². The van der Waals surface area contributed by atoms with Gasteiger partial charge in [0.25, 0.3) is 0 Å². The molecule has 148 valence electrons. The highest BCUT2D eigenvalue weighted by Crippen LogP contribution is 2.44. The standard InChI is InChI=1S/C22H25ClN2O2S/c1-14(2)21(27)25-19(13-28-22(25)17-11-7-8-12-18(17)23)20(26)24-15(3)16-9-5-4-6-10-16/h4-12,14-15,19,22H,13H2,1-3H3,(H,24,26)/t15-,19+,22-/m0/s1. The molecule has 1 aliphatic rings. The molecule has 1 N–H and O–H groups in total. The molecule has 1 heterocycles. The van der Waals surface area contributed by atoms with Gasteiger partial charge in [0.1, 0.15) is 11.4 Å². The van der Waals surface area contributed by atoms with Gasteiger partial charge < -0.3 is 10.2 Å². The first-order chi connectivity index (χ1) is 13.4. The van der Waals surface area contributed by atoms with E-state index in [-0.39, 0.29) is 29.1 Å². The van der Waals surface area contributed by atoms with Crippen LogP contribution in [0.25, 0.3) is 0 Å². The van der Waals surface area contributed by atoms with Gasteiger partial charge in [-0.25, -0.2) is 0 Å². The van der Waals surface area contributed by atoms with Crippen molar-refractivity contribution in [1.29, 1.82) is 0 Å². The van der Waals surface area contributed by atoms with Gasteiger partial charge in [0.2, 0.25) is 11.8 Å². The number of nitrogens with zero attached hydrogens (tertiary/aromatic N) is 1. The van der Waals surface area contributed by atoms with E-state index >= 15 is 0 Å². The zero-order chi connectivity index (χ0) is 20.3. The Bertz CT molecular complexity index is 843. The molecule has 0 spiro atoms. The summed E-state index contributed by atoms with van der Waals surface area (Å²) in [4.78, 5) is 27.8. The van der Waals surface area contributed by atoms with Crippen molar-refractivity contribution in [3.8, 4) is 0 Å². The zero-order valence-corrected chi connectivity index (χ0v) is 17.8. The summed E-state index contributed by atoms with van der Waals surface area (Å²) in [6, 6.07) is 16.7. The number of carbonyl (C=O) groups excluding carboxylic acids is 2. The van der Waals surface area contributed by atoms with Crippen molar-refractivity contribution in [1.82, 2.24) is 10.2 Å². The molecule has 28 heavy (non-hydrogen) atoms. The molecule has 3 rings (SSSR count). The lowest BCUT2D eigenvalue weighted by Crippen LogP contribution is -2.49. The number of nitrogens with one attached hydrogen (secondary N) is 1. The van der Waals surface area contributed by atoms with Gasteiger partial charge in [-0.1, -0.05) is 74.0 Å². The summed E-state index contributed by atoms with van der Waals surface area (Å²) in [6.07, 6.45) is 0. The normalized spacial score (nSPS) is 20.2. The van der Waals surface area contributed by atoms with Gasteiger partial charge in [-0.3, -0.25) is 9.59 Å². The van der Waals surface area contributed by atoms with Gasteiger partial charge in [0.05, 0.1) is 6.04 Å². The lowest BCUT2D eigenvalue weighted by molar-refractivity contribution is -0.142. The highest BCUT2D eigenvalue weighted by atomic mass is 35.5. The third kappa shape index (κ3) is 4.36. The van der Waals surface area contributed by atoms with Crippen molar-refractivity contribution in [3.05, 3.63) is 70.7 Å². The Labute approximate surface area is 175 Å². The Kier molecular flexibility index (Phi) is 6.68. The minimum absolute atomic E-state index is 0.0394. The maximum Gasteiger partial charge on any atom is 0.244 e. The fourth-order valence-electron chi connectivity index (χ4n) is 3.33. The lowest BCUT2D eigenvalue weighted by Gasteiger charge is -2.31. The van der Waals surface area contributed by atoms with Crippen LogP contribution in [-0.4, -0.2) is 28.5 Å². The largest absolute Gasteiger partial charge is 0.348 e. The summed E-state index contributed by atoms with van der Waals surface area (Å²) in [5.74, 6) is 0.169. The SMILES string of the molecule is CC(C)C(=O)N1[C@@H](C(=O)N[C@@H](C)c2ccccc2)CS[C@H]1c1ccccc1Cl. The number of thioether (sulfide) groups is 1. The van der Waals surface area contributed by atoms with Gasteiger partial charge in [-0.15, -0.1) is 11.8 Å². The number of amides is 2. The minimum atomic E-state index is -0.521. The van der Waals surface area contributed by atoms with Crippen LogP contribution in [0.3, 0.4) is 0 Å². The Morgan fingerprint density at radius 1 is 1.07 bits per heavy atom. The van der Waals surface area contributed by atoms with E-state index in [2.05, 4.69) is 5.32 Å². The molecule has 6 heteroatoms. The molecule has 2 amide bonds. The highest BCUT2D eigenvalue weighted by Gasteiger charge is 2.43. The smallest absolute Gasteiger partial charge is 0.244 e. The van der Waals surface area contributed by atoms with Crippen LogP contribution in [-0.2, 0) is 9.59 Å². The van der Waals surface area contributed by atoms with Gasteiger partial charge in [0, 0.05) is 22.3 Å². The average Bonchev–Trinajstić information content (AvgIpc) is 3.13. The summed E-state index contributed by atoms with van der Waals surface area (Å²) in [6.45, 7) is 5.67. The van der Waals surface area contributed by atoms with Crippen molar-refractivity contribution in [2.45, 2.75) is 38.2 Å². The number of rotatable bonds is 5. The number of halogens is 1. The molecule has 0 saturated carbocycles. The summed E-state index contributed by atoms with van der Waals surface area (Å²) in [5.41, 5.74) is 1.90. The zero-order valence-electron chi connectivity index (χ0n) is 16.3. The van der Waals surface area contributed by atoms with E-state index in [4.69, 9.17) is 11.6 Å². The second kappa shape index (κ2) is 9.01. The van der Waals surface area contributed by atoms with Crippen LogP contribution in [0.5, 0.6) is 0 Å². The van der Waals surface area contributed by atoms with E-state index in [9.17, 15) is 9.59 Å². The first-order valence-corrected chi connectivity index (χ1v) is 10.9. The molecule has 1 aliphatic heterocycles. The quantitative estimate of drug-likeness (QED) is 0.760. The Morgan fingerprint density at radius 3 is 2.36 bits per heavy atom. The fraction of sp³-hybridized carbons (Fsp3) is 0.364. The second-order valence-corrected chi connectivity index (χ2v) is 8.78.